The van der Waals surface area contributed by atoms with Gasteiger partial charge in [-0.2, -0.15) is 9.97 Å². The molecule has 2 aliphatic rings. The van der Waals surface area contributed by atoms with Crippen molar-refractivity contribution < 1.29 is 9.66 Å². The third-order valence-electron chi connectivity index (χ3n) is 4.76. The Hall–Kier alpha value is -2.16. The standard InChI is InChI=1S/C16H26N6O3/c1-10-6-11(2)9-21(8-10)15-13(22(23)24)14(17)19-16(20-15)18-7-12-4-3-5-25-12/h10-12H,3-9H2,1-2H3,(H3,17,18,19,20). The Bertz CT molecular complexity index is 625. The predicted molar refractivity (Wildman–Crippen MR) is 95.7 cm³/mol. The molecule has 0 spiro atoms. The summed E-state index contributed by atoms with van der Waals surface area (Å²) < 4.78 is 5.57. The number of nitrogens with zero attached hydrogens (tertiary/aromatic N) is 4. The summed E-state index contributed by atoms with van der Waals surface area (Å²) in [6.45, 7) is 7.10. The molecular weight excluding hydrogens is 324 g/mol. The highest BCUT2D eigenvalue weighted by molar-refractivity contribution is 5.71. The van der Waals surface area contributed by atoms with Crippen LogP contribution in [0.25, 0.3) is 0 Å². The van der Waals surface area contributed by atoms with Crippen molar-refractivity contribution in [3.63, 3.8) is 0 Å². The summed E-state index contributed by atoms with van der Waals surface area (Å²) in [7, 11) is 0. The molecule has 3 unspecified atom stereocenters. The highest BCUT2D eigenvalue weighted by atomic mass is 16.6. The molecule has 3 atom stereocenters. The van der Waals surface area contributed by atoms with E-state index in [9.17, 15) is 10.1 Å². The number of nitro groups is 1. The Balaban J connectivity index is 1.86. The molecule has 2 saturated heterocycles. The van der Waals surface area contributed by atoms with Crippen molar-refractivity contribution in [2.75, 3.05) is 42.2 Å². The molecular formula is C16H26N6O3. The molecule has 2 aliphatic heterocycles. The molecule has 9 nitrogen and oxygen atoms in total. The highest BCUT2D eigenvalue weighted by Crippen LogP contribution is 2.35. The maximum Gasteiger partial charge on any atom is 0.353 e. The Labute approximate surface area is 147 Å². The zero-order valence-corrected chi connectivity index (χ0v) is 14.8. The number of piperidine rings is 1. The van der Waals surface area contributed by atoms with Gasteiger partial charge in [-0.05, 0) is 31.1 Å². The topological polar surface area (TPSA) is 119 Å². The fraction of sp³-hybridized carbons (Fsp3) is 0.750. The van der Waals surface area contributed by atoms with E-state index in [1.54, 1.807) is 0 Å². The minimum Gasteiger partial charge on any atom is -0.378 e. The molecule has 3 N–H and O–H groups in total. The van der Waals surface area contributed by atoms with Crippen LogP contribution in [0.5, 0.6) is 0 Å². The first-order valence-electron chi connectivity index (χ1n) is 8.86. The summed E-state index contributed by atoms with van der Waals surface area (Å²) in [5, 5.41) is 14.6. The lowest BCUT2D eigenvalue weighted by molar-refractivity contribution is -0.383. The summed E-state index contributed by atoms with van der Waals surface area (Å²) in [5.41, 5.74) is 5.69. The van der Waals surface area contributed by atoms with Crippen molar-refractivity contribution in [1.29, 1.82) is 0 Å². The van der Waals surface area contributed by atoms with Crippen LogP contribution in [-0.2, 0) is 4.74 Å². The monoisotopic (exact) mass is 350 g/mol. The second-order valence-corrected chi connectivity index (χ2v) is 7.23. The molecule has 0 bridgehead atoms. The van der Waals surface area contributed by atoms with E-state index < -0.39 is 4.92 Å². The second kappa shape index (κ2) is 7.38. The van der Waals surface area contributed by atoms with Crippen LogP contribution >= 0.6 is 0 Å². The van der Waals surface area contributed by atoms with Crippen molar-refractivity contribution >= 4 is 23.3 Å². The Morgan fingerprint density at radius 2 is 2.08 bits per heavy atom. The van der Waals surface area contributed by atoms with E-state index in [4.69, 9.17) is 10.5 Å². The van der Waals surface area contributed by atoms with E-state index in [1.165, 1.54) is 0 Å². The van der Waals surface area contributed by atoms with E-state index in [0.29, 0.717) is 30.1 Å². The molecule has 2 fully saturated rings. The molecule has 1 aromatic heterocycles. The van der Waals surface area contributed by atoms with Crippen LogP contribution in [0.1, 0.15) is 33.1 Å². The lowest BCUT2D eigenvalue weighted by Crippen LogP contribution is -2.39. The molecule has 0 amide bonds. The zero-order valence-electron chi connectivity index (χ0n) is 14.8. The molecule has 0 saturated carbocycles. The number of hydrogen-bond acceptors (Lipinski definition) is 8. The molecule has 25 heavy (non-hydrogen) atoms. The summed E-state index contributed by atoms with van der Waals surface area (Å²) >= 11 is 0. The smallest absolute Gasteiger partial charge is 0.353 e. The molecule has 0 aromatic carbocycles. The maximum atomic E-state index is 11.5. The molecule has 0 radical (unpaired) electrons. The fourth-order valence-electron chi connectivity index (χ4n) is 3.78. The van der Waals surface area contributed by atoms with Gasteiger partial charge >= 0.3 is 5.69 Å². The molecule has 0 aliphatic carbocycles. The average molecular weight is 350 g/mol. The number of hydrogen-bond donors (Lipinski definition) is 2. The number of anilines is 3. The summed E-state index contributed by atoms with van der Waals surface area (Å²) in [4.78, 5) is 21.5. The molecule has 9 heteroatoms. The summed E-state index contributed by atoms with van der Waals surface area (Å²) in [6.07, 6.45) is 3.27. The van der Waals surface area contributed by atoms with E-state index in [0.717, 1.165) is 39.0 Å². The lowest BCUT2D eigenvalue weighted by atomic mass is 9.92. The van der Waals surface area contributed by atoms with Crippen molar-refractivity contribution in [2.24, 2.45) is 11.8 Å². The van der Waals surface area contributed by atoms with E-state index in [-0.39, 0.29) is 17.6 Å². The van der Waals surface area contributed by atoms with Gasteiger partial charge in [-0.1, -0.05) is 13.8 Å². The number of nitrogen functional groups attached to an aromatic ring is 1. The van der Waals surface area contributed by atoms with Crippen LogP contribution in [0.4, 0.5) is 23.3 Å². The first-order chi connectivity index (χ1) is 11.9. The maximum absolute atomic E-state index is 11.5. The highest BCUT2D eigenvalue weighted by Gasteiger charge is 2.31. The first-order valence-corrected chi connectivity index (χ1v) is 8.86. The normalized spacial score (nSPS) is 26.6. The fourth-order valence-corrected chi connectivity index (χ4v) is 3.78. The van der Waals surface area contributed by atoms with E-state index in [2.05, 4.69) is 29.1 Å². The van der Waals surface area contributed by atoms with Gasteiger partial charge in [0.1, 0.15) is 0 Å². The number of aromatic nitrogens is 2. The van der Waals surface area contributed by atoms with E-state index >= 15 is 0 Å². The van der Waals surface area contributed by atoms with Gasteiger partial charge in [-0.15, -0.1) is 0 Å². The van der Waals surface area contributed by atoms with Gasteiger partial charge < -0.3 is 20.7 Å². The van der Waals surface area contributed by atoms with Gasteiger partial charge in [0.05, 0.1) is 11.0 Å². The number of nitrogens with one attached hydrogen (secondary N) is 1. The van der Waals surface area contributed by atoms with Crippen LogP contribution in [0.15, 0.2) is 0 Å². The largest absolute Gasteiger partial charge is 0.378 e. The minimum atomic E-state index is -0.488. The van der Waals surface area contributed by atoms with Gasteiger partial charge in [0.25, 0.3) is 0 Å². The average Bonchev–Trinajstić information content (AvgIpc) is 3.04. The third-order valence-corrected chi connectivity index (χ3v) is 4.76. The molecule has 3 rings (SSSR count). The van der Waals surface area contributed by atoms with Crippen LogP contribution in [0, 0.1) is 22.0 Å². The van der Waals surface area contributed by atoms with Crippen LogP contribution in [0.2, 0.25) is 0 Å². The van der Waals surface area contributed by atoms with Crippen molar-refractivity contribution in [1.82, 2.24) is 9.97 Å². The molecule has 138 valence electrons. The SMILES string of the molecule is CC1CC(C)CN(c2nc(NCC3CCCO3)nc(N)c2[N+](=O)[O-])C1. The molecule has 3 heterocycles. The van der Waals surface area contributed by atoms with E-state index in [1.807, 2.05) is 4.90 Å². The molecule has 1 aromatic rings. The van der Waals surface area contributed by atoms with Gasteiger partial charge in [0, 0.05) is 26.2 Å². The second-order valence-electron chi connectivity index (χ2n) is 7.23. The summed E-state index contributed by atoms with van der Waals surface area (Å²) in [5.74, 6) is 1.42. The van der Waals surface area contributed by atoms with Crippen LogP contribution in [0.3, 0.4) is 0 Å². The van der Waals surface area contributed by atoms with Crippen molar-refractivity contribution in [3.05, 3.63) is 10.1 Å². The van der Waals surface area contributed by atoms with Gasteiger partial charge in [-0.3, -0.25) is 10.1 Å². The van der Waals surface area contributed by atoms with Gasteiger partial charge in [-0.25, -0.2) is 0 Å². The predicted octanol–water partition coefficient (Wildman–Crippen LogP) is 2.04. The van der Waals surface area contributed by atoms with Crippen LogP contribution < -0.4 is 16.0 Å². The first kappa shape index (κ1) is 17.7. The number of nitrogens with two attached hydrogens (primary N) is 1. The Morgan fingerprint density at radius 3 is 2.68 bits per heavy atom. The van der Waals surface area contributed by atoms with Gasteiger partial charge in [0.15, 0.2) is 0 Å². The quantitative estimate of drug-likeness (QED) is 0.611. The Kier molecular flexibility index (Phi) is 5.22. The summed E-state index contributed by atoms with van der Waals surface area (Å²) in [6, 6.07) is 0. The number of rotatable bonds is 5. The van der Waals surface area contributed by atoms with Crippen molar-refractivity contribution in [2.45, 2.75) is 39.2 Å². The zero-order chi connectivity index (χ0) is 18.0. The van der Waals surface area contributed by atoms with Crippen LogP contribution in [-0.4, -0.2) is 47.2 Å². The van der Waals surface area contributed by atoms with Gasteiger partial charge in [0.2, 0.25) is 17.6 Å². The minimum absolute atomic E-state index is 0.101. The van der Waals surface area contributed by atoms with Crippen molar-refractivity contribution in [3.8, 4) is 0 Å². The number of ether oxygens (including phenoxy) is 1. The Morgan fingerprint density at radius 1 is 1.36 bits per heavy atom. The lowest BCUT2D eigenvalue weighted by Gasteiger charge is -2.35. The third kappa shape index (κ3) is 4.09.